The van der Waals surface area contributed by atoms with E-state index in [1.807, 2.05) is 26.8 Å². The van der Waals surface area contributed by atoms with Crippen LogP contribution in [0.1, 0.15) is 38.1 Å². The van der Waals surface area contributed by atoms with Crippen LogP contribution in [0, 0.1) is 0 Å². The van der Waals surface area contributed by atoms with Gasteiger partial charge in [-0.15, -0.1) is 0 Å². The molecule has 4 heteroatoms. The zero-order valence-electron chi connectivity index (χ0n) is 11.8. The summed E-state index contributed by atoms with van der Waals surface area (Å²) in [6.07, 6.45) is 3.01. The van der Waals surface area contributed by atoms with Gasteiger partial charge in [0.1, 0.15) is 0 Å². The van der Waals surface area contributed by atoms with Crippen LogP contribution < -0.4 is 5.43 Å². The first-order valence-corrected chi connectivity index (χ1v) is 6.19. The van der Waals surface area contributed by atoms with E-state index in [0.29, 0.717) is 5.56 Å². The van der Waals surface area contributed by atoms with Crippen molar-refractivity contribution in [1.82, 2.24) is 10.4 Å². The van der Waals surface area contributed by atoms with Crippen LogP contribution in [0.3, 0.4) is 0 Å². The molecule has 0 saturated carbocycles. The Bertz CT molecular complexity index is 473. The molecule has 1 aromatic carbocycles. The van der Waals surface area contributed by atoms with Gasteiger partial charge in [0.2, 0.25) is 0 Å². The number of allylic oxidation sites excluding steroid dienone is 1. The van der Waals surface area contributed by atoms with Crippen LogP contribution in [0.4, 0.5) is 0 Å². The van der Waals surface area contributed by atoms with Gasteiger partial charge in [0.25, 0.3) is 11.8 Å². The maximum Gasteiger partial charge on any atom is 0.272 e. The molecule has 0 aliphatic rings. The standard InChI is InChI=1S/C15H20N2O2/c1-5-9-13(18)16-17(15(2,3)4)14(19)12-10-7-6-8-11-12/h5-11H,1-4H3,(H,16,18). The third kappa shape index (κ3) is 4.25. The van der Waals surface area contributed by atoms with Crippen LogP contribution in [-0.4, -0.2) is 22.4 Å². The van der Waals surface area contributed by atoms with Gasteiger partial charge in [0, 0.05) is 11.6 Å². The number of carbonyl (C=O) groups is 2. The highest BCUT2D eigenvalue weighted by atomic mass is 16.2. The molecular weight excluding hydrogens is 240 g/mol. The Morgan fingerprint density at radius 1 is 1.16 bits per heavy atom. The van der Waals surface area contributed by atoms with Crippen molar-refractivity contribution < 1.29 is 9.59 Å². The lowest BCUT2D eigenvalue weighted by atomic mass is 10.1. The van der Waals surface area contributed by atoms with Gasteiger partial charge >= 0.3 is 0 Å². The average Bonchev–Trinajstić information content (AvgIpc) is 2.35. The Kier molecular flexibility index (Phi) is 4.87. The second kappa shape index (κ2) is 6.18. The van der Waals surface area contributed by atoms with Crippen molar-refractivity contribution in [2.24, 2.45) is 0 Å². The maximum atomic E-state index is 12.4. The molecule has 0 heterocycles. The van der Waals surface area contributed by atoms with Gasteiger partial charge in [-0.3, -0.25) is 15.0 Å². The first-order chi connectivity index (χ1) is 8.86. The summed E-state index contributed by atoms with van der Waals surface area (Å²) < 4.78 is 0. The highest BCUT2D eigenvalue weighted by Gasteiger charge is 2.28. The van der Waals surface area contributed by atoms with E-state index in [1.54, 1.807) is 37.3 Å². The second-order valence-electron chi connectivity index (χ2n) is 5.15. The number of rotatable bonds is 2. The van der Waals surface area contributed by atoms with E-state index in [4.69, 9.17) is 0 Å². The van der Waals surface area contributed by atoms with Gasteiger partial charge in [-0.2, -0.15) is 0 Å². The van der Waals surface area contributed by atoms with Gasteiger partial charge in [-0.25, -0.2) is 5.01 Å². The molecule has 102 valence electrons. The predicted octanol–water partition coefficient (Wildman–Crippen LogP) is 2.53. The molecular formula is C15H20N2O2. The van der Waals surface area contributed by atoms with E-state index < -0.39 is 5.54 Å². The molecule has 1 N–H and O–H groups in total. The number of nitrogens with one attached hydrogen (secondary N) is 1. The van der Waals surface area contributed by atoms with Gasteiger partial charge in [-0.1, -0.05) is 24.3 Å². The molecule has 1 aromatic rings. The van der Waals surface area contributed by atoms with E-state index in [-0.39, 0.29) is 11.8 Å². The van der Waals surface area contributed by atoms with Gasteiger partial charge in [0.05, 0.1) is 5.54 Å². The molecule has 4 nitrogen and oxygen atoms in total. The highest BCUT2D eigenvalue weighted by molar-refractivity contribution is 5.97. The van der Waals surface area contributed by atoms with Crippen LogP contribution in [-0.2, 0) is 4.79 Å². The Labute approximate surface area is 114 Å². The number of hydrogen-bond donors (Lipinski definition) is 1. The summed E-state index contributed by atoms with van der Waals surface area (Å²) in [5.74, 6) is -0.548. The topological polar surface area (TPSA) is 49.4 Å². The molecule has 0 atom stereocenters. The SMILES string of the molecule is CC=CC(=O)NN(C(=O)c1ccccc1)C(C)(C)C. The fraction of sp³-hybridized carbons (Fsp3) is 0.333. The van der Waals surface area contributed by atoms with Crippen molar-refractivity contribution in [2.75, 3.05) is 0 Å². The minimum atomic E-state index is -0.510. The van der Waals surface area contributed by atoms with E-state index in [9.17, 15) is 9.59 Å². The molecule has 2 amide bonds. The van der Waals surface area contributed by atoms with E-state index in [1.165, 1.54) is 11.1 Å². The Morgan fingerprint density at radius 3 is 2.21 bits per heavy atom. The number of hydrazine groups is 1. The van der Waals surface area contributed by atoms with Crippen molar-refractivity contribution in [3.63, 3.8) is 0 Å². The summed E-state index contributed by atoms with van der Waals surface area (Å²) >= 11 is 0. The average molecular weight is 260 g/mol. The molecule has 0 spiro atoms. The fourth-order valence-electron chi connectivity index (χ4n) is 1.53. The van der Waals surface area contributed by atoms with Crippen LogP contribution >= 0.6 is 0 Å². The van der Waals surface area contributed by atoms with E-state index >= 15 is 0 Å². The molecule has 19 heavy (non-hydrogen) atoms. The van der Waals surface area contributed by atoms with Gasteiger partial charge < -0.3 is 0 Å². The summed E-state index contributed by atoms with van der Waals surface area (Å²) in [5, 5.41) is 1.35. The molecule has 0 unspecified atom stereocenters. The van der Waals surface area contributed by atoms with Crippen LogP contribution in [0.5, 0.6) is 0 Å². The molecule has 0 fully saturated rings. The van der Waals surface area contributed by atoms with Gasteiger partial charge in [-0.05, 0) is 39.8 Å². The summed E-state index contributed by atoms with van der Waals surface area (Å²) in [6, 6.07) is 8.88. The first-order valence-electron chi connectivity index (χ1n) is 6.19. The maximum absolute atomic E-state index is 12.4. The predicted molar refractivity (Wildman–Crippen MR) is 75.3 cm³/mol. The highest BCUT2D eigenvalue weighted by Crippen LogP contribution is 2.14. The van der Waals surface area contributed by atoms with Crippen molar-refractivity contribution in [3.05, 3.63) is 48.0 Å². The molecule has 0 radical (unpaired) electrons. The lowest BCUT2D eigenvalue weighted by molar-refractivity contribution is -0.122. The van der Waals surface area contributed by atoms with E-state index in [0.717, 1.165) is 0 Å². The van der Waals surface area contributed by atoms with E-state index in [2.05, 4.69) is 5.43 Å². The molecule has 0 aromatic heterocycles. The summed E-state index contributed by atoms with van der Waals surface area (Å²) in [6.45, 7) is 7.34. The largest absolute Gasteiger partial charge is 0.272 e. The lowest BCUT2D eigenvalue weighted by Gasteiger charge is -2.35. The number of benzene rings is 1. The molecule has 1 rings (SSSR count). The minimum absolute atomic E-state index is 0.231. The van der Waals surface area contributed by atoms with Crippen LogP contribution in [0.2, 0.25) is 0 Å². The summed E-state index contributed by atoms with van der Waals surface area (Å²) in [5.41, 5.74) is 2.64. The number of amides is 2. The summed E-state index contributed by atoms with van der Waals surface area (Å²) in [4.78, 5) is 24.1. The number of carbonyl (C=O) groups excluding carboxylic acids is 2. The van der Waals surface area contributed by atoms with Crippen molar-refractivity contribution in [3.8, 4) is 0 Å². The number of hydrogen-bond acceptors (Lipinski definition) is 2. The second-order valence-corrected chi connectivity index (χ2v) is 5.15. The first kappa shape index (κ1) is 15.0. The molecule has 0 bridgehead atoms. The van der Waals surface area contributed by atoms with Crippen LogP contribution in [0.25, 0.3) is 0 Å². The van der Waals surface area contributed by atoms with Crippen LogP contribution in [0.15, 0.2) is 42.5 Å². The lowest BCUT2D eigenvalue weighted by Crippen LogP contribution is -2.55. The Hall–Kier alpha value is -2.10. The van der Waals surface area contributed by atoms with Gasteiger partial charge in [0.15, 0.2) is 0 Å². The van der Waals surface area contributed by atoms with Crippen molar-refractivity contribution in [2.45, 2.75) is 33.2 Å². The van der Waals surface area contributed by atoms with Crippen molar-refractivity contribution >= 4 is 11.8 Å². The third-order valence-electron chi connectivity index (χ3n) is 2.43. The quantitative estimate of drug-likeness (QED) is 0.656. The monoisotopic (exact) mass is 260 g/mol. The molecule has 0 saturated heterocycles. The number of nitrogens with zero attached hydrogens (tertiary/aromatic N) is 1. The minimum Gasteiger partial charge on any atom is -0.268 e. The zero-order chi connectivity index (χ0) is 14.5. The smallest absolute Gasteiger partial charge is 0.268 e. The zero-order valence-corrected chi connectivity index (χ0v) is 11.8. The van der Waals surface area contributed by atoms with Crippen molar-refractivity contribution in [1.29, 1.82) is 0 Å². The molecule has 0 aliphatic carbocycles. The molecule has 0 aliphatic heterocycles. The third-order valence-corrected chi connectivity index (χ3v) is 2.43. The Balaban J connectivity index is 2.99. The Morgan fingerprint density at radius 2 is 1.74 bits per heavy atom. The normalized spacial score (nSPS) is 11.4. The summed E-state index contributed by atoms with van der Waals surface area (Å²) in [7, 11) is 0. The fourth-order valence-corrected chi connectivity index (χ4v) is 1.53.